The first-order valence-electron chi connectivity index (χ1n) is 6.93. The average molecular weight is 285 g/mol. The molecule has 5 heteroatoms. The zero-order valence-corrected chi connectivity index (χ0v) is 12.0. The van der Waals surface area contributed by atoms with E-state index in [2.05, 4.69) is 6.92 Å². The summed E-state index contributed by atoms with van der Waals surface area (Å²) in [6.45, 7) is 2.82. The summed E-state index contributed by atoms with van der Waals surface area (Å²) < 4.78 is 5.23. The molecule has 0 atom stereocenters. The zero-order valence-electron chi connectivity index (χ0n) is 11.3. The predicted molar refractivity (Wildman–Crippen MR) is 75.3 cm³/mol. The van der Waals surface area contributed by atoms with Gasteiger partial charge in [-0.2, -0.15) is 0 Å². The molecule has 19 heavy (non-hydrogen) atoms. The largest absolute Gasteiger partial charge is 0.440 e. The molecule has 1 amide bonds. The van der Waals surface area contributed by atoms with Crippen LogP contribution in [0.2, 0.25) is 5.22 Å². The third kappa shape index (κ3) is 3.51. The summed E-state index contributed by atoms with van der Waals surface area (Å²) in [5.41, 5.74) is 5.92. The molecule has 106 valence electrons. The van der Waals surface area contributed by atoms with Crippen molar-refractivity contribution in [3.05, 3.63) is 23.1 Å². The van der Waals surface area contributed by atoms with Crippen LogP contribution >= 0.6 is 11.6 Å². The van der Waals surface area contributed by atoms with Gasteiger partial charge in [-0.05, 0) is 55.8 Å². The fourth-order valence-electron chi connectivity index (χ4n) is 2.67. The van der Waals surface area contributed by atoms with Crippen LogP contribution in [0.25, 0.3) is 0 Å². The first-order valence-corrected chi connectivity index (χ1v) is 7.31. The van der Waals surface area contributed by atoms with Gasteiger partial charge in [0.05, 0.1) is 0 Å². The molecule has 2 rings (SSSR count). The second-order valence-electron chi connectivity index (χ2n) is 5.17. The number of carbonyl (C=O) groups is 1. The lowest BCUT2D eigenvalue weighted by molar-refractivity contribution is 0.0594. The molecule has 0 saturated heterocycles. The molecule has 0 radical (unpaired) electrons. The minimum atomic E-state index is -0.0609. The van der Waals surface area contributed by atoms with Gasteiger partial charge in [0.1, 0.15) is 0 Å². The number of hydrogen-bond donors (Lipinski definition) is 1. The molecular formula is C14H21ClN2O2. The smallest absolute Gasteiger partial charge is 0.289 e. The van der Waals surface area contributed by atoms with E-state index in [9.17, 15) is 4.79 Å². The van der Waals surface area contributed by atoms with E-state index in [0.717, 1.165) is 38.6 Å². The third-order valence-corrected chi connectivity index (χ3v) is 3.89. The number of amides is 1. The summed E-state index contributed by atoms with van der Waals surface area (Å²) in [4.78, 5) is 14.4. The molecule has 0 aliphatic heterocycles. The Bertz CT molecular complexity index is 425. The summed E-state index contributed by atoms with van der Waals surface area (Å²) in [5.74, 6) is 0.266. The van der Waals surface area contributed by atoms with Gasteiger partial charge in [0.2, 0.25) is 0 Å². The topological polar surface area (TPSA) is 59.5 Å². The highest BCUT2D eigenvalue weighted by molar-refractivity contribution is 6.29. The molecule has 1 aromatic rings. The lowest BCUT2D eigenvalue weighted by atomic mass is 9.90. The maximum absolute atomic E-state index is 12.5. The number of hydrogen-bond acceptors (Lipinski definition) is 3. The minimum absolute atomic E-state index is 0.0609. The van der Waals surface area contributed by atoms with Crippen LogP contribution in [0.15, 0.2) is 16.5 Å². The SMILES string of the molecule is CCCN(C(=O)c1ccc(Cl)o1)C1CCC(N)CC1. The van der Waals surface area contributed by atoms with Crippen molar-refractivity contribution in [2.45, 2.75) is 51.1 Å². The van der Waals surface area contributed by atoms with Gasteiger partial charge in [-0.15, -0.1) is 0 Å². The van der Waals surface area contributed by atoms with Gasteiger partial charge in [0.15, 0.2) is 11.0 Å². The van der Waals surface area contributed by atoms with Crippen molar-refractivity contribution in [1.82, 2.24) is 4.90 Å². The minimum Gasteiger partial charge on any atom is -0.440 e. The average Bonchev–Trinajstić information content (AvgIpc) is 2.83. The summed E-state index contributed by atoms with van der Waals surface area (Å²) >= 11 is 5.74. The molecular weight excluding hydrogens is 264 g/mol. The van der Waals surface area contributed by atoms with Gasteiger partial charge in [-0.25, -0.2) is 0 Å². The molecule has 1 aliphatic rings. The van der Waals surface area contributed by atoms with Crippen molar-refractivity contribution < 1.29 is 9.21 Å². The van der Waals surface area contributed by atoms with Crippen LogP contribution in [0, 0.1) is 0 Å². The molecule has 1 aliphatic carbocycles. The zero-order chi connectivity index (χ0) is 13.8. The van der Waals surface area contributed by atoms with Crippen molar-refractivity contribution in [3.8, 4) is 0 Å². The Balaban J connectivity index is 2.08. The number of rotatable bonds is 4. The Morgan fingerprint density at radius 2 is 2.11 bits per heavy atom. The van der Waals surface area contributed by atoms with E-state index in [1.807, 2.05) is 4.90 Å². The van der Waals surface area contributed by atoms with E-state index < -0.39 is 0 Å². The van der Waals surface area contributed by atoms with E-state index in [0.29, 0.717) is 5.76 Å². The molecule has 1 saturated carbocycles. The third-order valence-electron chi connectivity index (χ3n) is 3.69. The Hall–Kier alpha value is -1.00. The van der Waals surface area contributed by atoms with Crippen molar-refractivity contribution in [2.24, 2.45) is 5.73 Å². The molecule has 1 fully saturated rings. The Morgan fingerprint density at radius 1 is 1.42 bits per heavy atom. The van der Waals surface area contributed by atoms with Gasteiger partial charge in [0.25, 0.3) is 5.91 Å². The van der Waals surface area contributed by atoms with Gasteiger partial charge in [-0.1, -0.05) is 6.92 Å². The second kappa shape index (κ2) is 6.44. The Kier molecular flexibility index (Phi) is 4.88. The van der Waals surface area contributed by atoms with Crippen molar-refractivity contribution in [1.29, 1.82) is 0 Å². The Morgan fingerprint density at radius 3 is 2.63 bits per heavy atom. The Labute approximate surface area is 118 Å². The van der Waals surface area contributed by atoms with Crippen LogP contribution in [-0.2, 0) is 0 Å². The second-order valence-corrected chi connectivity index (χ2v) is 5.54. The maximum Gasteiger partial charge on any atom is 0.289 e. The molecule has 1 heterocycles. The predicted octanol–water partition coefficient (Wildman–Crippen LogP) is 3.06. The first kappa shape index (κ1) is 14.4. The number of furan rings is 1. The number of halogens is 1. The normalized spacial score (nSPS) is 23.3. The van der Waals surface area contributed by atoms with E-state index in [1.165, 1.54) is 0 Å². The van der Waals surface area contributed by atoms with Crippen molar-refractivity contribution in [3.63, 3.8) is 0 Å². The molecule has 0 spiro atoms. The van der Waals surface area contributed by atoms with E-state index in [-0.39, 0.29) is 23.2 Å². The van der Waals surface area contributed by atoms with E-state index in [1.54, 1.807) is 12.1 Å². The number of nitrogens with two attached hydrogens (primary N) is 1. The van der Waals surface area contributed by atoms with Crippen LogP contribution in [0.1, 0.15) is 49.6 Å². The maximum atomic E-state index is 12.5. The fraction of sp³-hybridized carbons (Fsp3) is 0.643. The molecule has 1 aromatic heterocycles. The summed E-state index contributed by atoms with van der Waals surface area (Å²) in [7, 11) is 0. The summed E-state index contributed by atoms with van der Waals surface area (Å²) in [6, 6.07) is 3.81. The van der Waals surface area contributed by atoms with Crippen LogP contribution in [-0.4, -0.2) is 29.4 Å². The van der Waals surface area contributed by atoms with Crippen LogP contribution in [0.3, 0.4) is 0 Å². The molecule has 0 bridgehead atoms. The molecule has 2 N–H and O–H groups in total. The highest BCUT2D eigenvalue weighted by atomic mass is 35.5. The highest BCUT2D eigenvalue weighted by Gasteiger charge is 2.29. The van der Waals surface area contributed by atoms with E-state index >= 15 is 0 Å². The van der Waals surface area contributed by atoms with Crippen LogP contribution in [0.4, 0.5) is 0 Å². The van der Waals surface area contributed by atoms with Crippen LogP contribution in [0.5, 0.6) is 0 Å². The number of carbonyl (C=O) groups excluding carboxylic acids is 1. The summed E-state index contributed by atoms with van der Waals surface area (Å²) in [6.07, 6.45) is 4.85. The van der Waals surface area contributed by atoms with Gasteiger partial charge in [0, 0.05) is 18.6 Å². The highest BCUT2D eigenvalue weighted by Crippen LogP contribution is 2.25. The summed E-state index contributed by atoms with van der Waals surface area (Å²) in [5, 5.41) is 0.255. The quantitative estimate of drug-likeness (QED) is 0.924. The standard InChI is InChI=1S/C14H21ClN2O2/c1-2-9-17(11-5-3-10(16)4-6-11)14(18)12-7-8-13(15)19-12/h7-8,10-11H,2-6,9,16H2,1H3. The fourth-order valence-corrected chi connectivity index (χ4v) is 2.82. The first-order chi connectivity index (χ1) is 9.11. The van der Waals surface area contributed by atoms with Gasteiger partial charge < -0.3 is 15.1 Å². The van der Waals surface area contributed by atoms with Crippen LogP contribution < -0.4 is 5.73 Å². The van der Waals surface area contributed by atoms with Gasteiger partial charge >= 0.3 is 0 Å². The molecule has 0 aromatic carbocycles. The lowest BCUT2D eigenvalue weighted by Crippen LogP contribution is -2.44. The molecule has 0 unspecified atom stereocenters. The molecule has 4 nitrogen and oxygen atoms in total. The van der Waals surface area contributed by atoms with E-state index in [4.69, 9.17) is 21.8 Å². The van der Waals surface area contributed by atoms with Crippen molar-refractivity contribution in [2.75, 3.05) is 6.54 Å². The lowest BCUT2D eigenvalue weighted by Gasteiger charge is -2.35. The monoisotopic (exact) mass is 284 g/mol. The van der Waals surface area contributed by atoms with Gasteiger partial charge in [-0.3, -0.25) is 4.79 Å². The van der Waals surface area contributed by atoms with Crippen molar-refractivity contribution >= 4 is 17.5 Å². The number of nitrogens with zero attached hydrogens (tertiary/aromatic N) is 1.